The van der Waals surface area contributed by atoms with E-state index in [1.165, 1.54) is 4.90 Å². The second-order valence-electron chi connectivity index (χ2n) is 6.49. The number of aromatic nitrogens is 1. The van der Waals surface area contributed by atoms with E-state index in [2.05, 4.69) is 15.3 Å². The van der Waals surface area contributed by atoms with Crippen LogP contribution in [0.3, 0.4) is 0 Å². The summed E-state index contributed by atoms with van der Waals surface area (Å²) in [6.45, 7) is -0.157. The smallest absolute Gasteiger partial charge is 0.244 e. The molecule has 144 valence electrons. The van der Waals surface area contributed by atoms with E-state index in [4.69, 9.17) is 11.6 Å². The minimum atomic E-state index is -0.313. The number of amides is 2. The van der Waals surface area contributed by atoms with Gasteiger partial charge in [0, 0.05) is 16.9 Å². The molecule has 1 aliphatic rings. The van der Waals surface area contributed by atoms with E-state index < -0.39 is 0 Å². The average Bonchev–Trinajstić information content (AvgIpc) is 2.86. The van der Waals surface area contributed by atoms with Crippen LogP contribution in [0.2, 0.25) is 5.02 Å². The third kappa shape index (κ3) is 4.33. The van der Waals surface area contributed by atoms with Crippen LogP contribution in [0, 0.1) is 0 Å². The van der Waals surface area contributed by atoms with Gasteiger partial charge in [-0.3, -0.25) is 14.5 Å². The molecule has 1 aliphatic heterocycles. The highest BCUT2D eigenvalue weighted by molar-refractivity contribution is 6.31. The monoisotopic (exact) mass is 404 g/mol. The van der Waals surface area contributed by atoms with Gasteiger partial charge in [0.2, 0.25) is 11.8 Å². The summed E-state index contributed by atoms with van der Waals surface area (Å²) in [7, 11) is 0. The number of benzene rings is 2. The van der Waals surface area contributed by atoms with Crippen molar-refractivity contribution < 1.29 is 9.59 Å². The maximum Gasteiger partial charge on any atom is 0.244 e. The van der Waals surface area contributed by atoms with E-state index in [0.29, 0.717) is 27.9 Å². The topological polar surface area (TPSA) is 74.7 Å². The Bertz CT molecular complexity index is 1100. The average molecular weight is 405 g/mol. The molecule has 6 nitrogen and oxygen atoms in total. The zero-order chi connectivity index (χ0) is 20.2. The Kier molecular flexibility index (Phi) is 5.35. The van der Waals surface area contributed by atoms with Crippen LogP contribution in [0.5, 0.6) is 0 Å². The molecule has 3 aromatic rings. The molecule has 0 spiro atoms. The first-order valence-electron chi connectivity index (χ1n) is 9.04. The minimum Gasteiger partial charge on any atom is -0.325 e. The Morgan fingerprint density at radius 3 is 2.69 bits per heavy atom. The lowest BCUT2D eigenvalue weighted by Gasteiger charge is -2.20. The summed E-state index contributed by atoms with van der Waals surface area (Å²) in [6.07, 6.45) is 1.61. The van der Waals surface area contributed by atoms with Gasteiger partial charge < -0.3 is 5.32 Å². The SMILES string of the molecule is O=C(CN1C(=O)CC(c2cccc(Cl)c2)=Nc2cccnc21)Nc1ccccc1. The molecule has 0 unspecified atom stereocenters. The van der Waals surface area contributed by atoms with Crippen LogP contribution in [0.15, 0.2) is 77.9 Å². The summed E-state index contributed by atoms with van der Waals surface area (Å²) in [5, 5.41) is 3.36. The molecule has 0 radical (unpaired) electrons. The van der Waals surface area contributed by atoms with Gasteiger partial charge in [-0.15, -0.1) is 0 Å². The van der Waals surface area contributed by atoms with E-state index in [9.17, 15) is 9.59 Å². The minimum absolute atomic E-state index is 0.0370. The highest BCUT2D eigenvalue weighted by atomic mass is 35.5. The lowest BCUT2D eigenvalue weighted by Crippen LogP contribution is -2.38. The number of carbonyl (C=O) groups is 2. The number of carbonyl (C=O) groups excluding carboxylic acids is 2. The van der Waals surface area contributed by atoms with Gasteiger partial charge in [-0.25, -0.2) is 9.98 Å². The third-order valence-electron chi connectivity index (χ3n) is 4.41. The Labute approximate surface area is 172 Å². The normalized spacial score (nSPS) is 13.3. The number of hydrogen-bond acceptors (Lipinski definition) is 4. The lowest BCUT2D eigenvalue weighted by molar-refractivity contribution is -0.120. The van der Waals surface area contributed by atoms with Crippen LogP contribution in [0.4, 0.5) is 17.2 Å². The summed E-state index contributed by atoms with van der Waals surface area (Å²) < 4.78 is 0. The molecule has 0 aliphatic carbocycles. The zero-order valence-electron chi connectivity index (χ0n) is 15.4. The van der Waals surface area contributed by atoms with Crippen molar-refractivity contribution in [2.24, 2.45) is 4.99 Å². The Balaban J connectivity index is 1.63. The molecule has 0 fully saturated rings. The molecule has 0 bridgehead atoms. The fourth-order valence-electron chi connectivity index (χ4n) is 3.09. The maximum atomic E-state index is 13.0. The fourth-order valence-corrected chi connectivity index (χ4v) is 3.28. The van der Waals surface area contributed by atoms with E-state index in [-0.39, 0.29) is 24.8 Å². The molecule has 29 heavy (non-hydrogen) atoms. The van der Waals surface area contributed by atoms with Gasteiger partial charge in [0.25, 0.3) is 0 Å². The van der Waals surface area contributed by atoms with Crippen molar-refractivity contribution in [1.82, 2.24) is 4.98 Å². The number of halogens is 1. The molecule has 0 atom stereocenters. The van der Waals surface area contributed by atoms with Crippen molar-refractivity contribution in [1.29, 1.82) is 0 Å². The summed E-state index contributed by atoms with van der Waals surface area (Å²) in [5.41, 5.74) is 2.53. The second-order valence-corrected chi connectivity index (χ2v) is 6.92. The summed E-state index contributed by atoms with van der Waals surface area (Å²) in [5.74, 6) is -0.213. The van der Waals surface area contributed by atoms with Crippen molar-refractivity contribution in [3.05, 3.63) is 83.5 Å². The van der Waals surface area contributed by atoms with Crippen LogP contribution in [0.1, 0.15) is 12.0 Å². The van der Waals surface area contributed by atoms with Crippen LogP contribution in [-0.4, -0.2) is 29.1 Å². The van der Waals surface area contributed by atoms with Gasteiger partial charge >= 0.3 is 0 Å². The fraction of sp³-hybridized carbons (Fsp3) is 0.0909. The Morgan fingerprint density at radius 2 is 1.90 bits per heavy atom. The first kappa shape index (κ1) is 18.8. The maximum absolute atomic E-state index is 13.0. The van der Waals surface area contributed by atoms with Gasteiger partial charge in [-0.05, 0) is 42.0 Å². The Hall–Kier alpha value is -3.51. The first-order chi connectivity index (χ1) is 14.1. The molecule has 2 amide bonds. The molecule has 1 N–H and O–H groups in total. The number of pyridine rings is 1. The largest absolute Gasteiger partial charge is 0.325 e. The number of para-hydroxylation sites is 1. The number of nitrogens with zero attached hydrogens (tertiary/aromatic N) is 3. The highest BCUT2D eigenvalue weighted by Crippen LogP contribution is 2.31. The summed E-state index contributed by atoms with van der Waals surface area (Å²) in [6, 6.07) is 19.8. The first-order valence-corrected chi connectivity index (χ1v) is 9.42. The lowest BCUT2D eigenvalue weighted by atomic mass is 10.1. The van der Waals surface area contributed by atoms with Crippen LogP contribution < -0.4 is 10.2 Å². The van der Waals surface area contributed by atoms with E-state index in [1.54, 1.807) is 42.6 Å². The van der Waals surface area contributed by atoms with Gasteiger partial charge in [0.05, 0.1) is 12.1 Å². The molecule has 1 aromatic heterocycles. The Morgan fingerprint density at radius 1 is 1.07 bits per heavy atom. The summed E-state index contributed by atoms with van der Waals surface area (Å²) >= 11 is 6.10. The molecular weight excluding hydrogens is 388 g/mol. The molecule has 0 saturated carbocycles. The third-order valence-corrected chi connectivity index (χ3v) is 4.65. The molecule has 4 rings (SSSR count). The molecule has 7 heteroatoms. The van der Waals surface area contributed by atoms with Crippen molar-refractivity contribution in [3.8, 4) is 0 Å². The van der Waals surface area contributed by atoms with Crippen LogP contribution >= 0.6 is 11.6 Å². The van der Waals surface area contributed by atoms with Crippen molar-refractivity contribution >= 4 is 46.3 Å². The van der Waals surface area contributed by atoms with Crippen molar-refractivity contribution in [2.45, 2.75) is 6.42 Å². The molecule has 2 aromatic carbocycles. The van der Waals surface area contributed by atoms with Crippen molar-refractivity contribution in [3.63, 3.8) is 0 Å². The van der Waals surface area contributed by atoms with E-state index in [0.717, 1.165) is 5.56 Å². The molecule has 0 saturated heterocycles. The van der Waals surface area contributed by atoms with Crippen molar-refractivity contribution in [2.75, 3.05) is 16.8 Å². The predicted molar refractivity (Wildman–Crippen MR) is 114 cm³/mol. The van der Waals surface area contributed by atoms with Gasteiger partial charge in [-0.1, -0.05) is 41.9 Å². The summed E-state index contributed by atoms with van der Waals surface area (Å²) in [4.78, 5) is 35.9. The standard InChI is InChI=1S/C22H17ClN4O2/c23-16-7-4-6-15(12-16)19-13-21(29)27(22-18(26-19)10-5-11-24-22)14-20(28)25-17-8-2-1-3-9-17/h1-12H,13-14H2,(H,25,28). The highest BCUT2D eigenvalue weighted by Gasteiger charge is 2.27. The number of fused-ring (bicyclic) bond motifs is 1. The number of anilines is 2. The van der Waals surface area contributed by atoms with E-state index >= 15 is 0 Å². The van der Waals surface area contributed by atoms with Gasteiger partial charge in [0.15, 0.2) is 5.82 Å². The molecule has 2 heterocycles. The predicted octanol–water partition coefficient (Wildman–Crippen LogP) is 4.23. The van der Waals surface area contributed by atoms with Crippen LogP contribution in [-0.2, 0) is 9.59 Å². The van der Waals surface area contributed by atoms with Crippen LogP contribution in [0.25, 0.3) is 0 Å². The quantitative estimate of drug-likeness (QED) is 0.707. The second kappa shape index (κ2) is 8.24. The number of nitrogens with one attached hydrogen (secondary N) is 1. The molecular formula is C22H17ClN4O2. The number of rotatable bonds is 4. The zero-order valence-corrected chi connectivity index (χ0v) is 16.1. The number of hydrogen-bond donors (Lipinski definition) is 1. The number of aliphatic imine (C=N–C) groups is 1. The van der Waals surface area contributed by atoms with Gasteiger partial charge in [-0.2, -0.15) is 0 Å². The van der Waals surface area contributed by atoms with Gasteiger partial charge in [0.1, 0.15) is 12.2 Å². The van der Waals surface area contributed by atoms with E-state index in [1.807, 2.05) is 30.3 Å².